The predicted molar refractivity (Wildman–Crippen MR) is 89.3 cm³/mol. The lowest BCUT2D eigenvalue weighted by atomic mass is 10.0. The largest absolute Gasteiger partial charge is 0.463 e. The summed E-state index contributed by atoms with van der Waals surface area (Å²) < 4.78 is 10.4. The first-order chi connectivity index (χ1) is 11.4. The second kappa shape index (κ2) is 7.49. The van der Waals surface area contributed by atoms with Crippen LogP contribution in [-0.4, -0.2) is 36.4 Å². The van der Waals surface area contributed by atoms with Crippen LogP contribution in [-0.2, 0) is 11.3 Å². The maximum atomic E-state index is 12.8. The van der Waals surface area contributed by atoms with Gasteiger partial charge < -0.3 is 19.0 Å². The van der Waals surface area contributed by atoms with Crippen LogP contribution < -0.4 is 4.90 Å². The van der Waals surface area contributed by atoms with Crippen molar-refractivity contribution in [1.29, 1.82) is 0 Å². The van der Waals surface area contributed by atoms with Gasteiger partial charge in [-0.3, -0.25) is 4.79 Å². The number of aryl methyl sites for hydroxylation is 1. The molecule has 0 spiro atoms. The van der Waals surface area contributed by atoms with Crippen LogP contribution in [0.5, 0.6) is 0 Å². The highest BCUT2D eigenvalue weighted by Gasteiger charge is 2.29. The molecule has 24 heavy (non-hydrogen) atoms. The molecule has 0 radical (unpaired) electrons. The number of rotatable bonds is 7. The lowest BCUT2D eigenvalue weighted by molar-refractivity contribution is -0.908. The van der Waals surface area contributed by atoms with Gasteiger partial charge in [-0.25, -0.2) is 4.79 Å². The van der Waals surface area contributed by atoms with E-state index in [1.807, 2.05) is 26.1 Å². The summed E-state index contributed by atoms with van der Waals surface area (Å²) in [6.07, 6.45) is 1.62. The first-order valence-electron chi connectivity index (χ1n) is 8.12. The Hall–Kier alpha value is -2.34. The number of hydrogen-bond donors (Lipinski definition) is 2. The average Bonchev–Trinajstić information content (AvgIpc) is 3.14. The lowest BCUT2D eigenvalue weighted by Crippen LogP contribution is -3.12. The zero-order valence-electron chi connectivity index (χ0n) is 14.9. The van der Waals surface area contributed by atoms with E-state index in [4.69, 9.17) is 9.15 Å². The fourth-order valence-corrected chi connectivity index (χ4v) is 2.79. The van der Waals surface area contributed by atoms with Crippen LogP contribution in [0.3, 0.4) is 0 Å². The molecule has 0 aromatic carbocycles. The molecular weight excluding hydrogens is 308 g/mol. The van der Waals surface area contributed by atoms with E-state index >= 15 is 0 Å². The molecule has 2 aromatic rings. The summed E-state index contributed by atoms with van der Waals surface area (Å²) >= 11 is 0. The number of H-pyrrole nitrogens is 1. The molecule has 0 fully saturated rings. The van der Waals surface area contributed by atoms with Crippen LogP contribution >= 0.6 is 0 Å². The number of esters is 1. The van der Waals surface area contributed by atoms with Gasteiger partial charge in [-0.15, -0.1) is 0 Å². The summed E-state index contributed by atoms with van der Waals surface area (Å²) in [5.41, 5.74) is 2.23. The van der Waals surface area contributed by atoms with Gasteiger partial charge in [0.2, 0.25) is 5.78 Å². The van der Waals surface area contributed by atoms with E-state index in [0.717, 1.165) is 10.7 Å². The Bertz CT molecular complexity index is 716. The fraction of sp³-hybridized carbons (Fsp3) is 0.444. The Balaban J connectivity index is 2.20. The van der Waals surface area contributed by atoms with Gasteiger partial charge in [-0.1, -0.05) is 0 Å². The summed E-state index contributed by atoms with van der Waals surface area (Å²) in [6, 6.07) is 3.45. The van der Waals surface area contributed by atoms with Gasteiger partial charge >= 0.3 is 5.97 Å². The molecule has 2 atom stereocenters. The minimum atomic E-state index is -0.397. The summed E-state index contributed by atoms with van der Waals surface area (Å²) in [5, 5.41) is 0. The third kappa shape index (κ3) is 3.59. The van der Waals surface area contributed by atoms with Crippen molar-refractivity contribution < 1.29 is 23.6 Å². The number of likely N-dealkylation sites (N-methyl/N-ethyl adjacent to an activating group) is 1. The number of aromatic nitrogens is 1. The molecule has 0 aliphatic heterocycles. The summed E-state index contributed by atoms with van der Waals surface area (Å²) in [5.74, 6) is 0.403. The van der Waals surface area contributed by atoms with Crippen LogP contribution in [0.25, 0.3) is 0 Å². The molecule has 130 valence electrons. The van der Waals surface area contributed by atoms with Gasteiger partial charge in [0.25, 0.3) is 0 Å². The molecule has 2 N–H and O–H groups in total. The Labute approximate surface area is 141 Å². The minimum absolute atomic E-state index is 0.0322. The zero-order valence-corrected chi connectivity index (χ0v) is 14.9. The third-order valence-electron chi connectivity index (χ3n) is 4.33. The van der Waals surface area contributed by atoms with Crippen molar-refractivity contribution in [2.75, 3.05) is 13.7 Å². The van der Waals surface area contributed by atoms with E-state index < -0.39 is 5.97 Å². The normalized spacial score (nSPS) is 13.5. The summed E-state index contributed by atoms with van der Waals surface area (Å²) in [4.78, 5) is 29.0. The predicted octanol–water partition coefficient (Wildman–Crippen LogP) is 1.69. The Kier molecular flexibility index (Phi) is 5.62. The number of hydrogen-bond acceptors (Lipinski definition) is 4. The molecule has 0 aliphatic rings. The number of ether oxygens (including phenoxy) is 1. The number of carbonyl (C=O) groups is 2. The quantitative estimate of drug-likeness (QED) is 0.597. The molecule has 0 saturated heterocycles. The number of quaternary nitrogens is 1. The van der Waals surface area contributed by atoms with Gasteiger partial charge in [0.1, 0.15) is 6.54 Å². The van der Waals surface area contributed by atoms with Crippen molar-refractivity contribution in [2.45, 2.75) is 40.3 Å². The molecule has 2 heterocycles. The van der Waals surface area contributed by atoms with E-state index in [-0.39, 0.29) is 11.8 Å². The fourth-order valence-electron chi connectivity index (χ4n) is 2.79. The van der Waals surface area contributed by atoms with Crippen molar-refractivity contribution in [1.82, 2.24) is 4.98 Å². The van der Waals surface area contributed by atoms with Gasteiger partial charge in [0.05, 0.1) is 31.2 Å². The number of carbonyl (C=O) groups excluding carboxylic acids is 2. The molecule has 6 nitrogen and oxygen atoms in total. The Morgan fingerprint density at radius 3 is 2.67 bits per heavy atom. The molecule has 0 aliphatic carbocycles. The second-order valence-electron chi connectivity index (χ2n) is 6.03. The molecule has 0 bridgehead atoms. The molecule has 2 aromatic heterocycles. The molecule has 6 heteroatoms. The molecule has 0 saturated carbocycles. The SMILES string of the molecule is CCOC(=O)c1c(C)[nH]c(C(=O)[C@H](C)[NH+](C)Cc2ccco2)c1C. The second-order valence-corrected chi connectivity index (χ2v) is 6.03. The van der Waals surface area contributed by atoms with E-state index in [1.165, 1.54) is 0 Å². The van der Waals surface area contributed by atoms with Crippen molar-refractivity contribution in [3.05, 3.63) is 46.7 Å². The Morgan fingerprint density at radius 2 is 2.08 bits per heavy atom. The van der Waals surface area contributed by atoms with Gasteiger partial charge in [-0.05, 0) is 45.4 Å². The maximum absolute atomic E-state index is 12.8. The molecule has 1 unspecified atom stereocenters. The number of furan rings is 1. The first kappa shape index (κ1) is 18.0. The molecule has 2 rings (SSSR count). The van der Waals surface area contributed by atoms with Crippen LogP contribution in [0.1, 0.15) is 51.7 Å². The van der Waals surface area contributed by atoms with E-state index in [9.17, 15) is 9.59 Å². The first-order valence-corrected chi connectivity index (χ1v) is 8.12. The van der Waals surface area contributed by atoms with Crippen molar-refractivity contribution in [3.63, 3.8) is 0 Å². The van der Waals surface area contributed by atoms with Crippen LogP contribution in [0.2, 0.25) is 0 Å². The molecule has 0 amide bonds. The molecular formula is C18H25N2O4+. The topological polar surface area (TPSA) is 76.7 Å². The highest BCUT2D eigenvalue weighted by Crippen LogP contribution is 2.20. The highest BCUT2D eigenvalue weighted by atomic mass is 16.5. The van der Waals surface area contributed by atoms with Crippen LogP contribution in [0, 0.1) is 13.8 Å². The third-order valence-corrected chi connectivity index (χ3v) is 4.33. The summed E-state index contributed by atoms with van der Waals surface area (Å²) in [6.45, 7) is 8.11. The minimum Gasteiger partial charge on any atom is -0.463 e. The highest BCUT2D eigenvalue weighted by molar-refractivity contribution is 6.03. The van der Waals surface area contributed by atoms with E-state index in [1.54, 1.807) is 27.0 Å². The average molecular weight is 333 g/mol. The van der Waals surface area contributed by atoms with Crippen LogP contribution in [0.4, 0.5) is 0 Å². The van der Waals surface area contributed by atoms with Gasteiger partial charge in [-0.2, -0.15) is 0 Å². The number of ketones is 1. The van der Waals surface area contributed by atoms with E-state index in [0.29, 0.717) is 35.7 Å². The maximum Gasteiger partial charge on any atom is 0.340 e. The monoisotopic (exact) mass is 333 g/mol. The van der Waals surface area contributed by atoms with E-state index in [2.05, 4.69) is 4.98 Å². The van der Waals surface area contributed by atoms with Crippen molar-refractivity contribution in [2.24, 2.45) is 0 Å². The number of nitrogens with one attached hydrogen (secondary N) is 2. The van der Waals surface area contributed by atoms with Crippen molar-refractivity contribution in [3.8, 4) is 0 Å². The van der Waals surface area contributed by atoms with Gasteiger partial charge in [0, 0.05) is 5.69 Å². The van der Waals surface area contributed by atoms with Crippen molar-refractivity contribution >= 4 is 11.8 Å². The number of aromatic amines is 1. The zero-order chi connectivity index (χ0) is 17.9. The Morgan fingerprint density at radius 1 is 1.38 bits per heavy atom. The number of Topliss-reactive ketones (excluding diaryl/α,β-unsaturated/α-hetero) is 1. The smallest absolute Gasteiger partial charge is 0.340 e. The lowest BCUT2D eigenvalue weighted by Gasteiger charge is -2.19. The standard InChI is InChI=1S/C18H24N2O4/c1-6-23-18(22)15-11(2)16(19-12(15)3)17(21)13(4)20(5)10-14-8-7-9-24-14/h7-9,13,19H,6,10H2,1-5H3/p+1/t13-/m0/s1. The van der Waals surface area contributed by atoms with Crippen LogP contribution in [0.15, 0.2) is 22.8 Å². The summed E-state index contributed by atoms with van der Waals surface area (Å²) in [7, 11) is 1.95. The van der Waals surface area contributed by atoms with Gasteiger partial charge in [0.15, 0.2) is 11.8 Å².